The Kier molecular flexibility index (Phi) is 5.67. The van der Waals surface area contributed by atoms with Gasteiger partial charge in [-0.05, 0) is 13.8 Å². The van der Waals surface area contributed by atoms with Crippen molar-refractivity contribution in [2.75, 3.05) is 12.3 Å². The average molecular weight is 304 g/mol. The molecule has 8 heteroatoms. The molecule has 2 N–H and O–H groups in total. The van der Waals surface area contributed by atoms with Crippen molar-refractivity contribution in [3.63, 3.8) is 0 Å². The van der Waals surface area contributed by atoms with Gasteiger partial charge in [-0.15, -0.1) is 0 Å². The van der Waals surface area contributed by atoms with E-state index in [0.717, 1.165) is 0 Å². The maximum absolute atomic E-state index is 11.3. The van der Waals surface area contributed by atoms with Gasteiger partial charge in [0.1, 0.15) is 0 Å². The number of nitrogens with zero attached hydrogens (tertiary/aromatic N) is 2. The van der Waals surface area contributed by atoms with E-state index in [9.17, 15) is 8.42 Å². The number of hydrogen-bond donors (Lipinski definition) is 2. The van der Waals surface area contributed by atoms with E-state index in [4.69, 9.17) is 4.52 Å². The van der Waals surface area contributed by atoms with Crippen molar-refractivity contribution < 1.29 is 12.9 Å². The Hall–Kier alpha value is -0.990. The van der Waals surface area contributed by atoms with Crippen molar-refractivity contribution in [3.05, 3.63) is 11.7 Å². The van der Waals surface area contributed by atoms with Gasteiger partial charge in [0, 0.05) is 18.0 Å². The molecule has 0 spiro atoms. The summed E-state index contributed by atoms with van der Waals surface area (Å²) in [6.07, 6.45) is 0. The molecule has 0 radical (unpaired) electrons. The van der Waals surface area contributed by atoms with Gasteiger partial charge >= 0.3 is 0 Å². The zero-order valence-corrected chi connectivity index (χ0v) is 13.5. The second-order valence-corrected chi connectivity index (χ2v) is 7.89. The molecule has 0 bridgehead atoms. The highest BCUT2D eigenvalue weighted by Gasteiger charge is 2.21. The highest BCUT2D eigenvalue weighted by Crippen LogP contribution is 2.18. The summed E-state index contributed by atoms with van der Waals surface area (Å²) in [6, 6.07) is -0.0266. The molecule has 1 heterocycles. The fourth-order valence-corrected chi connectivity index (χ4v) is 2.03. The van der Waals surface area contributed by atoms with Gasteiger partial charge < -0.3 is 9.84 Å². The molecular formula is C12H24N4O3S. The Labute approximate surface area is 120 Å². The Morgan fingerprint density at radius 2 is 2.00 bits per heavy atom. The first-order valence-corrected chi connectivity index (χ1v) is 8.33. The van der Waals surface area contributed by atoms with Crippen LogP contribution in [0.3, 0.4) is 0 Å². The summed E-state index contributed by atoms with van der Waals surface area (Å²) < 4.78 is 30.3. The van der Waals surface area contributed by atoms with Gasteiger partial charge in [-0.3, -0.25) is 0 Å². The SMILES string of the molecule is CCS(=O)(=O)NCC(C)NCc1nc(C(C)(C)C)no1. The van der Waals surface area contributed by atoms with Crippen LogP contribution in [0.4, 0.5) is 0 Å². The molecule has 0 saturated heterocycles. The van der Waals surface area contributed by atoms with Crippen molar-refractivity contribution in [3.8, 4) is 0 Å². The normalized spacial score (nSPS) is 14.4. The number of aromatic nitrogens is 2. The van der Waals surface area contributed by atoms with E-state index in [1.165, 1.54) is 0 Å². The number of nitrogens with one attached hydrogen (secondary N) is 2. The van der Waals surface area contributed by atoms with Gasteiger partial charge in [0.15, 0.2) is 5.82 Å². The molecule has 1 atom stereocenters. The van der Waals surface area contributed by atoms with Crippen molar-refractivity contribution in [1.82, 2.24) is 20.2 Å². The summed E-state index contributed by atoms with van der Waals surface area (Å²) in [4.78, 5) is 4.30. The Balaban J connectivity index is 2.42. The van der Waals surface area contributed by atoms with Crippen LogP contribution in [0.25, 0.3) is 0 Å². The molecule has 0 aliphatic carbocycles. The summed E-state index contributed by atoms with van der Waals surface area (Å²) in [6.45, 7) is 10.3. The summed E-state index contributed by atoms with van der Waals surface area (Å²) in [5.74, 6) is 1.24. The molecule has 0 aliphatic rings. The first-order valence-electron chi connectivity index (χ1n) is 6.68. The number of hydrogen-bond acceptors (Lipinski definition) is 6. The minimum Gasteiger partial charge on any atom is -0.338 e. The second kappa shape index (κ2) is 6.64. The Bertz CT molecular complexity index is 519. The van der Waals surface area contributed by atoms with Crippen LogP contribution in [0.2, 0.25) is 0 Å². The van der Waals surface area contributed by atoms with Crippen LogP contribution in [-0.2, 0) is 22.0 Å². The third-order valence-corrected chi connectivity index (χ3v) is 4.10. The van der Waals surface area contributed by atoms with Gasteiger partial charge in [-0.2, -0.15) is 4.98 Å². The summed E-state index contributed by atoms with van der Waals surface area (Å²) >= 11 is 0. The third kappa shape index (κ3) is 5.56. The van der Waals surface area contributed by atoms with Crippen LogP contribution in [-0.4, -0.2) is 36.9 Å². The maximum atomic E-state index is 11.3. The summed E-state index contributed by atoms with van der Waals surface area (Å²) in [5, 5.41) is 7.06. The number of sulfonamides is 1. The van der Waals surface area contributed by atoms with Gasteiger partial charge in [0.05, 0.1) is 12.3 Å². The van der Waals surface area contributed by atoms with Gasteiger partial charge in [-0.25, -0.2) is 13.1 Å². The quantitative estimate of drug-likeness (QED) is 0.773. The molecule has 1 unspecified atom stereocenters. The van der Waals surface area contributed by atoms with E-state index in [-0.39, 0.29) is 17.2 Å². The van der Waals surface area contributed by atoms with Crippen LogP contribution in [0.15, 0.2) is 4.52 Å². The molecule has 0 aliphatic heterocycles. The molecule has 20 heavy (non-hydrogen) atoms. The van der Waals surface area contributed by atoms with Crippen LogP contribution in [0.1, 0.15) is 46.3 Å². The first-order chi connectivity index (χ1) is 9.14. The molecule has 1 rings (SSSR count). The number of rotatable bonds is 7. The smallest absolute Gasteiger partial charge is 0.240 e. The highest BCUT2D eigenvalue weighted by molar-refractivity contribution is 7.89. The lowest BCUT2D eigenvalue weighted by Crippen LogP contribution is -2.39. The van der Waals surface area contributed by atoms with E-state index in [2.05, 4.69) is 20.2 Å². The minimum atomic E-state index is -3.15. The van der Waals surface area contributed by atoms with Gasteiger partial charge in [-0.1, -0.05) is 25.9 Å². The molecular weight excluding hydrogens is 280 g/mol. The van der Waals surface area contributed by atoms with E-state index in [0.29, 0.717) is 24.8 Å². The molecule has 116 valence electrons. The van der Waals surface area contributed by atoms with Crippen molar-refractivity contribution in [2.45, 2.75) is 52.6 Å². The topological polar surface area (TPSA) is 97.1 Å². The molecule has 0 saturated carbocycles. The molecule has 0 fully saturated rings. The predicted molar refractivity (Wildman–Crippen MR) is 76.8 cm³/mol. The van der Waals surface area contributed by atoms with E-state index >= 15 is 0 Å². The van der Waals surface area contributed by atoms with Crippen LogP contribution < -0.4 is 10.0 Å². The fourth-order valence-electron chi connectivity index (χ4n) is 1.32. The lowest BCUT2D eigenvalue weighted by molar-refractivity contribution is 0.348. The molecule has 0 aromatic carbocycles. The lowest BCUT2D eigenvalue weighted by atomic mass is 9.96. The average Bonchev–Trinajstić information content (AvgIpc) is 2.82. The molecule has 7 nitrogen and oxygen atoms in total. The molecule has 1 aromatic rings. The predicted octanol–water partition coefficient (Wildman–Crippen LogP) is 0.785. The van der Waals surface area contributed by atoms with Crippen LogP contribution >= 0.6 is 0 Å². The molecule has 1 aromatic heterocycles. The van der Waals surface area contributed by atoms with Crippen molar-refractivity contribution in [1.29, 1.82) is 0 Å². The monoisotopic (exact) mass is 304 g/mol. The molecule has 0 amide bonds. The zero-order chi connectivity index (χ0) is 15.4. The van der Waals surface area contributed by atoms with Crippen molar-refractivity contribution >= 4 is 10.0 Å². The van der Waals surface area contributed by atoms with Crippen LogP contribution in [0, 0.1) is 0 Å². The minimum absolute atomic E-state index is 0.0266. The Morgan fingerprint density at radius 3 is 2.50 bits per heavy atom. The second-order valence-electron chi connectivity index (χ2n) is 5.80. The standard InChI is InChI=1S/C12H24N4O3S/c1-6-20(17,18)14-7-9(2)13-8-10-15-11(16-19-10)12(3,4)5/h9,13-14H,6-8H2,1-5H3. The van der Waals surface area contributed by atoms with Gasteiger partial charge in [0.2, 0.25) is 15.9 Å². The summed E-state index contributed by atoms with van der Waals surface area (Å²) in [5.41, 5.74) is -0.149. The largest absolute Gasteiger partial charge is 0.338 e. The Morgan fingerprint density at radius 1 is 1.35 bits per heavy atom. The van der Waals surface area contributed by atoms with E-state index in [1.54, 1.807) is 6.92 Å². The van der Waals surface area contributed by atoms with Crippen molar-refractivity contribution in [2.24, 2.45) is 0 Å². The van der Waals surface area contributed by atoms with Gasteiger partial charge in [0.25, 0.3) is 0 Å². The summed E-state index contributed by atoms with van der Waals surface area (Å²) in [7, 11) is -3.15. The first kappa shape index (κ1) is 17.1. The van der Waals surface area contributed by atoms with Crippen LogP contribution in [0.5, 0.6) is 0 Å². The highest BCUT2D eigenvalue weighted by atomic mass is 32.2. The maximum Gasteiger partial charge on any atom is 0.240 e. The fraction of sp³-hybridized carbons (Fsp3) is 0.833. The zero-order valence-electron chi connectivity index (χ0n) is 12.7. The van der Waals surface area contributed by atoms with E-state index in [1.807, 2.05) is 27.7 Å². The third-order valence-electron chi connectivity index (χ3n) is 2.73. The lowest BCUT2D eigenvalue weighted by Gasteiger charge is -2.13. The van der Waals surface area contributed by atoms with E-state index < -0.39 is 10.0 Å².